The molecule has 0 fully saturated rings. The summed E-state index contributed by atoms with van der Waals surface area (Å²) < 4.78 is 0. The summed E-state index contributed by atoms with van der Waals surface area (Å²) in [5, 5.41) is 4.29. The van der Waals surface area contributed by atoms with Crippen LogP contribution in [-0.2, 0) is 11.3 Å². The highest BCUT2D eigenvalue weighted by atomic mass is 35.5. The molecule has 94 valence electrons. The molecule has 0 heterocycles. The average molecular weight is 275 g/mol. The molecule has 0 radical (unpaired) electrons. The van der Waals surface area contributed by atoms with E-state index in [1.54, 1.807) is 25.1 Å². The van der Waals surface area contributed by atoms with Gasteiger partial charge in [-0.1, -0.05) is 35.3 Å². The normalized spacial score (nSPS) is 10.4. The molecule has 5 heteroatoms. The maximum Gasteiger partial charge on any atom is 0.223 e. The number of hydrogen-bond acceptors (Lipinski definition) is 2. The van der Waals surface area contributed by atoms with E-state index in [1.165, 1.54) is 0 Å². The van der Waals surface area contributed by atoms with Crippen LogP contribution in [0.1, 0.15) is 12.0 Å². The summed E-state index contributed by atoms with van der Waals surface area (Å²) in [4.78, 5) is 12.9. The van der Waals surface area contributed by atoms with Gasteiger partial charge >= 0.3 is 0 Å². The second-order valence-electron chi connectivity index (χ2n) is 3.93. The van der Waals surface area contributed by atoms with Gasteiger partial charge in [-0.05, 0) is 11.6 Å². The highest BCUT2D eigenvalue weighted by molar-refractivity contribution is 6.42. The molecule has 0 saturated heterocycles. The number of rotatable bonds is 5. The first kappa shape index (κ1) is 14.3. The van der Waals surface area contributed by atoms with Crippen molar-refractivity contribution >= 4 is 29.1 Å². The zero-order chi connectivity index (χ0) is 12.8. The van der Waals surface area contributed by atoms with Gasteiger partial charge in [-0.3, -0.25) is 4.79 Å². The Morgan fingerprint density at radius 1 is 1.35 bits per heavy atom. The molecule has 0 saturated carbocycles. The SMILES string of the molecule is CN(C)C(=O)CCNCc1cccc(Cl)c1Cl. The van der Waals surface area contributed by atoms with Crippen molar-refractivity contribution in [3.63, 3.8) is 0 Å². The van der Waals surface area contributed by atoms with Gasteiger partial charge in [0.25, 0.3) is 0 Å². The number of halogens is 2. The predicted octanol–water partition coefficient (Wildman–Crippen LogP) is 2.56. The van der Waals surface area contributed by atoms with Crippen molar-refractivity contribution in [2.24, 2.45) is 0 Å². The van der Waals surface area contributed by atoms with Crippen LogP contribution in [0.2, 0.25) is 10.0 Å². The van der Waals surface area contributed by atoms with Crippen LogP contribution >= 0.6 is 23.2 Å². The molecule has 0 atom stereocenters. The third-order valence-electron chi connectivity index (χ3n) is 2.36. The first-order valence-electron chi connectivity index (χ1n) is 5.36. The van der Waals surface area contributed by atoms with Crippen molar-refractivity contribution in [2.45, 2.75) is 13.0 Å². The zero-order valence-electron chi connectivity index (χ0n) is 9.96. The van der Waals surface area contributed by atoms with Gasteiger partial charge in [-0.25, -0.2) is 0 Å². The maximum absolute atomic E-state index is 11.3. The Labute approximate surface area is 112 Å². The molecule has 17 heavy (non-hydrogen) atoms. The van der Waals surface area contributed by atoms with E-state index in [-0.39, 0.29) is 5.91 Å². The maximum atomic E-state index is 11.3. The Morgan fingerprint density at radius 2 is 2.06 bits per heavy atom. The van der Waals surface area contributed by atoms with Crippen LogP contribution in [0.5, 0.6) is 0 Å². The molecule has 0 aliphatic carbocycles. The van der Waals surface area contributed by atoms with Crippen LogP contribution in [0.15, 0.2) is 18.2 Å². The van der Waals surface area contributed by atoms with E-state index in [4.69, 9.17) is 23.2 Å². The third kappa shape index (κ3) is 4.54. The molecule has 0 bridgehead atoms. The van der Waals surface area contributed by atoms with Gasteiger partial charge in [0.2, 0.25) is 5.91 Å². The molecule has 0 unspecified atom stereocenters. The second-order valence-corrected chi connectivity index (χ2v) is 4.71. The van der Waals surface area contributed by atoms with Crippen LogP contribution < -0.4 is 5.32 Å². The van der Waals surface area contributed by atoms with Crippen molar-refractivity contribution in [1.29, 1.82) is 0 Å². The minimum absolute atomic E-state index is 0.106. The molecule has 1 aromatic carbocycles. The first-order valence-corrected chi connectivity index (χ1v) is 6.11. The molecular formula is C12H16Cl2N2O. The number of carbonyl (C=O) groups excluding carboxylic acids is 1. The molecule has 1 rings (SSSR count). The van der Waals surface area contributed by atoms with Crippen molar-refractivity contribution in [2.75, 3.05) is 20.6 Å². The summed E-state index contributed by atoms with van der Waals surface area (Å²) in [6.45, 7) is 1.24. The molecular weight excluding hydrogens is 259 g/mol. The lowest BCUT2D eigenvalue weighted by Gasteiger charge is -2.11. The van der Waals surface area contributed by atoms with Crippen molar-refractivity contribution in [1.82, 2.24) is 10.2 Å². The Kier molecular flexibility index (Phi) is 5.75. The summed E-state index contributed by atoms with van der Waals surface area (Å²) in [7, 11) is 3.49. The molecule has 1 aromatic rings. The van der Waals surface area contributed by atoms with Gasteiger partial charge in [0, 0.05) is 33.6 Å². The molecule has 0 aliphatic rings. The summed E-state index contributed by atoms with van der Waals surface area (Å²) >= 11 is 11.9. The van der Waals surface area contributed by atoms with E-state index in [0.717, 1.165) is 5.56 Å². The molecule has 0 spiro atoms. The number of hydrogen-bond donors (Lipinski definition) is 1. The molecule has 0 aromatic heterocycles. The zero-order valence-corrected chi connectivity index (χ0v) is 11.5. The van der Waals surface area contributed by atoms with E-state index < -0.39 is 0 Å². The standard InChI is InChI=1S/C12H16Cl2N2O/c1-16(2)11(17)6-7-15-8-9-4-3-5-10(13)12(9)14/h3-5,15H,6-8H2,1-2H3. The first-order chi connectivity index (χ1) is 8.02. The van der Waals surface area contributed by atoms with Crippen molar-refractivity contribution in [3.05, 3.63) is 33.8 Å². The smallest absolute Gasteiger partial charge is 0.223 e. The highest BCUT2D eigenvalue weighted by Gasteiger charge is 2.05. The van der Waals surface area contributed by atoms with Crippen LogP contribution in [-0.4, -0.2) is 31.4 Å². The number of benzene rings is 1. The summed E-state index contributed by atoms with van der Waals surface area (Å²) in [5.41, 5.74) is 0.941. The number of nitrogens with zero attached hydrogens (tertiary/aromatic N) is 1. The van der Waals surface area contributed by atoms with E-state index in [2.05, 4.69) is 5.32 Å². The fourth-order valence-electron chi connectivity index (χ4n) is 1.33. The van der Waals surface area contributed by atoms with Gasteiger partial charge in [0.05, 0.1) is 10.0 Å². The van der Waals surface area contributed by atoms with Crippen LogP contribution in [0.25, 0.3) is 0 Å². The minimum Gasteiger partial charge on any atom is -0.349 e. The summed E-state index contributed by atoms with van der Waals surface area (Å²) in [6.07, 6.45) is 0.477. The number of carbonyl (C=O) groups is 1. The van der Waals surface area contributed by atoms with Gasteiger partial charge in [-0.2, -0.15) is 0 Å². The Hall–Kier alpha value is -0.770. The lowest BCUT2D eigenvalue weighted by Crippen LogP contribution is -2.26. The fourth-order valence-corrected chi connectivity index (χ4v) is 1.71. The minimum atomic E-state index is 0.106. The average Bonchev–Trinajstić information content (AvgIpc) is 2.29. The fraction of sp³-hybridized carbons (Fsp3) is 0.417. The van der Waals surface area contributed by atoms with Gasteiger partial charge in [0.1, 0.15) is 0 Å². The van der Waals surface area contributed by atoms with Gasteiger partial charge in [-0.15, -0.1) is 0 Å². The lowest BCUT2D eigenvalue weighted by molar-refractivity contribution is -0.128. The Balaban J connectivity index is 2.36. The Morgan fingerprint density at radius 3 is 2.71 bits per heavy atom. The van der Waals surface area contributed by atoms with Crippen molar-refractivity contribution in [3.8, 4) is 0 Å². The van der Waals surface area contributed by atoms with Crippen LogP contribution in [0.3, 0.4) is 0 Å². The topological polar surface area (TPSA) is 32.3 Å². The van der Waals surface area contributed by atoms with Gasteiger partial charge < -0.3 is 10.2 Å². The van der Waals surface area contributed by atoms with E-state index >= 15 is 0 Å². The second kappa shape index (κ2) is 6.84. The molecule has 1 amide bonds. The predicted molar refractivity (Wildman–Crippen MR) is 71.5 cm³/mol. The highest BCUT2D eigenvalue weighted by Crippen LogP contribution is 2.25. The van der Waals surface area contributed by atoms with E-state index in [1.807, 2.05) is 12.1 Å². The van der Waals surface area contributed by atoms with Crippen LogP contribution in [0, 0.1) is 0 Å². The third-order valence-corrected chi connectivity index (χ3v) is 3.22. The monoisotopic (exact) mass is 274 g/mol. The van der Waals surface area contributed by atoms with Crippen molar-refractivity contribution < 1.29 is 4.79 Å². The van der Waals surface area contributed by atoms with E-state index in [0.29, 0.717) is 29.6 Å². The van der Waals surface area contributed by atoms with Gasteiger partial charge in [0.15, 0.2) is 0 Å². The largest absolute Gasteiger partial charge is 0.349 e. The number of amides is 1. The molecule has 0 aliphatic heterocycles. The molecule has 1 N–H and O–H groups in total. The quantitative estimate of drug-likeness (QED) is 0.838. The number of nitrogens with one attached hydrogen (secondary N) is 1. The Bertz CT molecular complexity index is 394. The lowest BCUT2D eigenvalue weighted by atomic mass is 10.2. The summed E-state index contributed by atoms with van der Waals surface area (Å²) in [6, 6.07) is 5.52. The van der Waals surface area contributed by atoms with Crippen LogP contribution in [0.4, 0.5) is 0 Å². The van der Waals surface area contributed by atoms with E-state index in [9.17, 15) is 4.79 Å². The summed E-state index contributed by atoms with van der Waals surface area (Å²) in [5.74, 6) is 0.106. The molecule has 3 nitrogen and oxygen atoms in total.